The lowest BCUT2D eigenvalue weighted by Crippen LogP contribution is -2.18. The molecular formula is C17H22O4. The maximum absolute atomic E-state index is 11.8. The van der Waals surface area contributed by atoms with Crippen LogP contribution in [-0.4, -0.2) is 18.0 Å². The number of hydrogen-bond donors (Lipinski definition) is 0. The lowest BCUT2D eigenvalue weighted by Gasteiger charge is -2.19. The fourth-order valence-corrected chi connectivity index (χ4v) is 2.81. The van der Waals surface area contributed by atoms with Gasteiger partial charge in [-0.1, -0.05) is 18.6 Å². The molecule has 0 spiro atoms. The number of fused-ring (bicyclic) bond motifs is 1. The van der Waals surface area contributed by atoms with Crippen molar-refractivity contribution in [1.29, 1.82) is 0 Å². The van der Waals surface area contributed by atoms with Crippen LogP contribution >= 0.6 is 0 Å². The minimum atomic E-state index is -0.321. The quantitative estimate of drug-likeness (QED) is 0.695. The second kappa shape index (κ2) is 6.29. The van der Waals surface area contributed by atoms with Crippen LogP contribution in [0.2, 0.25) is 0 Å². The fraction of sp³-hybridized carbons (Fsp3) is 0.529. The third-order valence-corrected chi connectivity index (χ3v) is 4.14. The van der Waals surface area contributed by atoms with E-state index in [0.29, 0.717) is 5.76 Å². The molecule has 1 fully saturated rings. The standard InChI is InChI=1S/C17H22O4/c1-10-5-8-15(20-13(4)18)11(2)6-7-14-12(3)17(19)21-16(14)9-10/h5,8-9,12,14,16H,6-7H2,1-4H3/b8-5-,10-9+,15-11-/t12-,14-,16+/m0/s1. The third kappa shape index (κ3) is 3.63. The van der Waals surface area contributed by atoms with Crippen molar-refractivity contribution in [2.75, 3.05) is 0 Å². The summed E-state index contributed by atoms with van der Waals surface area (Å²) in [7, 11) is 0. The van der Waals surface area contributed by atoms with Gasteiger partial charge in [0, 0.05) is 12.8 Å². The normalized spacial score (nSPS) is 37.0. The van der Waals surface area contributed by atoms with Crippen LogP contribution in [0.25, 0.3) is 0 Å². The molecule has 3 atom stereocenters. The van der Waals surface area contributed by atoms with Crippen molar-refractivity contribution in [3.63, 3.8) is 0 Å². The molecule has 0 aromatic heterocycles. The predicted octanol–water partition coefficient (Wildman–Crippen LogP) is 3.30. The second-order valence-corrected chi connectivity index (χ2v) is 5.87. The van der Waals surface area contributed by atoms with Crippen LogP contribution in [0.5, 0.6) is 0 Å². The van der Waals surface area contributed by atoms with E-state index in [2.05, 4.69) is 0 Å². The molecule has 1 aliphatic carbocycles. The maximum atomic E-state index is 11.8. The van der Waals surface area contributed by atoms with Gasteiger partial charge in [-0.2, -0.15) is 0 Å². The summed E-state index contributed by atoms with van der Waals surface area (Å²) in [5.74, 6) is 0.240. The van der Waals surface area contributed by atoms with Gasteiger partial charge in [-0.15, -0.1) is 0 Å². The Balaban J connectivity index is 2.32. The highest BCUT2D eigenvalue weighted by atomic mass is 16.6. The summed E-state index contributed by atoms with van der Waals surface area (Å²) in [6.07, 6.45) is 7.15. The van der Waals surface area contributed by atoms with Crippen molar-refractivity contribution in [3.8, 4) is 0 Å². The summed E-state index contributed by atoms with van der Waals surface area (Å²) < 4.78 is 10.7. The van der Waals surface area contributed by atoms with E-state index in [1.807, 2.05) is 39.0 Å². The first-order valence-corrected chi connectivity index (χ1v) is 7.33. The van der Waals surface area contributed by atoms with Crippen LogP contribution in [0.4, 0.5) is 0 Å². The van der Waals surface area contributed by atoms with Gasteiger partial charge in [0.05, 0.1) is 5.92 Å². The minimum absolute atomic E-state index is 0.0903. The highest BCUT2D eigenvalue weighted by Gasteiger charge is 2.40. The van der Waals surface area contributed by atoms with E-state index in [1.54, 1.807) is 0 Å². The van der Waals surface area contributed by atoms with Crippen LogP contribution < -0.4 is 0 Å². The van der Waals surface area contributed by atoms with Gasteiger partial charge in [0.2, 0.25) is 0 Å². The first kappa shape index (κ1) is 15.5. The van der Waals surface area contributed by atoms with Crippen molar-refractivity contribution in [3.05, 3.63) is 35.1 Å². The first-order valence-electron chi connectivity index (χ1n) is 7.33. The van der Waals surface area contributed by atoms with Gasteiger partial charge in [-0.05, 0) is 44.4 Å². The van der Waals surface area contributed by atoms with E-state index >= 15 is 0 Å². The monoisotopic (exact) mass is 290 g/mol. The smallest absolute Gasteiger partial charge is 0.309 e. The Kier molecular flexibility index (Phi) is 4.66. The highest BCUT2D eigenvalue weighted by molar-refractivity contribution is 5.75. The van der Waals surface area contributed by atoms with E-state index in [9.17, 15) is 9.59 Å². The van der Waals surface area contributed by atoms with E-state index < -0.39 is 0 Å². The van der Waals surface area contributed by atoms with E-state index in [-0.39, 0.29) is 29.9 Å². The van der Waals surface area contributed by atoms with Crippen molar-refractivity contribution >= 4 is 11.9 Å². The molecular weight excluding hydrogens is 268 g/mol. The molecule has 1 aliphatic heterocycles. The number of ether oxygens (including phenoxy) is 2. The molecule has 21 heavy (non-hydrogen) atoms. The summed E-state index contributed by atoms with van der Waals surface area (Å²) >= 11 is 0. The molecule has 2 rings (SSSR count). The zero-order chi connectivity index (χ0) is 15.6. The molecule has 0 N–H and O–H groups in total. The Bertz CT molecular complexity index is 539. The lowest BCUT2D eigenvalue weighted by molar-refractivity contribution is -0.142. The van der Waals surface area contributed by atoms with Gasteiger partial charge in [0.25, 0.3) is 0 Å². The SMILES string of the molecule is CC(=O)OC1=C(/C)CC[C@H]2[C@H](C)C(=O)O[C@@H]2/C=C(C)/C=C\1. The summed E-state index contributed by atoms with van der Waals surface area (Å²) in [6, 6.07) is 0. The summed E-state index contributed by atoms with van der Waals surface area (Å²) in [5.41, 5.74) is 2.01. The Morgan fingerprint density at radius 3 is 2.71 bits per heavy atom. The molecule has 1 saturated heterocycles. The van der Waals surface area contributed by atoms with Crippen LogP contribution in [-0.2, 0) is 19.1 Å². The molecule has 0 unspecified atom stereocenters. The Morgan fingerprint density at radius 2 is 2.05 bits per heavy atom. The van der Waals surface area contributed by atoms with Gasteiger partial charge in [-0.3, -0.25) is 9.59 Å². The Labute approximate surface area is 125 Å². The van der Waals surface area contributed by atoms with E-state index in [1.165, 1.54) is 6.92 Å². The van der Waals surface area contributed by atoms with Crippen molar-refractivity contribution < 1.29 is 19.1 Å². The van der Waals surface area contributed by atoms with Crippen molar-refractivity contribution in [1.82, 2.24) is 0 Å². The summed E-state index contributed by atoms with van der Waals surface area (Å²) in [5, 5.41) is 0. The predicted molar refractivity (Wildman–Crippen MR) is 79.1 cm³/mol. The average Bonchev–Trinajstić information content (AvgIpc) is 2.66. The number of carbonyl (C=O) groups is 2. The van der Waals surface area contributed by atoms with Gasteiger partial charge >= 0.3 is 11.9 Å². The Hall–Kier alpha value is -1.84. The van der Waals surface area contributed by atoms with Crippen LogP contribution in [0.15, 0.2) is 35.1 Å². The average molecular weight is 290 g/mol. The fourth-order valence-electron chi connectivity index (χ4n) is 2.81. The molecule has 0 saturated carbocycles. The van der Waals surface area contributed by atoms with E-state index in [0.717, 1.165) is 24.0 Å². The second-order valence-electron chi connectivity index (χ2n) is 5.87. The van der Waals surface area contributed by atoms with Crippen LogP contribution in [0.3, 0.4) is 0 Å². The van der Waals surface area contributed by atoms with Gasteiger partial charge in [-0.25, -0.2) is 0 Å². The van der Waals surface area contributed by atoms with Crippen LogP contribution in [0, 0.1) is 11.8 Å². The van der Waals surface area contributed by atoms with Crippen molar-refractivity contribution in [2.45, 2.75) is 46.6 Å². The largest absolute Gasteiger partial charge is 0.458 e. The Morgan fingerprint density at radius 1 is 1.33 bits per heavy atom. The zero-order valence-electron chi connectivity index (χ0n) is 13.0. The van der Waals surface area contributed by atoms with Crippen LogP contribution in [0.1, 0.15) is 40.5 Å². The highest BCUT2D eigenvalue weighted by Crippen LogP contribution is 2.35. The van der Waals surface area contributed by atoms with Gasteiger partial charge in [0.15, 0.2) is 0 Å². The summed E-state index contributed by atoms with van der Waals surface area (Å²) in [6.45, 7) is 7.23. The van der Waals surface area contributed by atoms with E-state index in [4.69, 9.17) is 9.47 Å². The molecule has 1 heterocycles. The number of esters is 2. The maximum Gasteiger partial charge on any atom is 0.309 e. The molecule has 2 aliphatic rings. The summed E-state index contributed by atoms with van der Waals surface area (Å²) in [4.78, 5) is 23.0. The molecule has 4 nitrogen and oxygen atoms in total. The molecule has 0 radical (unpaired) electrons. The number of allylic oxidation sites excluding steroid dienone is 4. The zero-order valence-corrected chi connectivity index (χ0v) is 13.0. The number of rotatable bonds is 1. The van der Waals surface area contributed by atoms with Crippen molar-refractivity contribution in [2.24, 2.45) is 11.8 Å². The molecule has 0 amide bonds. The molecule has 0 aromatic carbocycles. The van der Waals surface area contributed by atoms with Gasteiger partial charge in [0.1, 0.15) is 11.9 Å². The third-order valence-electron chi connectivity index (χ3n) is 4.14. The molecule has 4 heteroatoms. The molecule has 114 valence electrons. The first-order chi connectivity index (χ1) is 9.88. The minimum Gasteiger partial charge on any atom is -0.458 e. The molecule has 0 bridgehead atoms. The topological polar surface area (TPSA) is 52.6 Å². The molecule has 0 aromatic rings. The number of carbonyl (C=O) groups excluding carboxylic acids is 2. The lowest BCUT2D eigenvalue weighted by atomic mass is 9.85. The number of hydrogen-bond acceptors (Lipinski definition) is 4. The van der Waals surface area contributed by atoms with Gasteiger partial charge < -0.3 is 9.47 Å².